The van der Waals surface area contributed by atoms with Crippen LogP contribution in [0.25, 0.3) is 0 Å². The lowest BCUT2D eigenvalue weighted by atomic mass is 10.2. The van der Waals surface area contributed by atoms with Crippen LogP contribution < -0.4 is 0 Å². The minimum Gasteiger partial charge on any atom is -0.207 e. The average Bonchev–Trinajstić information content (AvgIpc) is 1.84. The molecule has 0 spiro atoms. The third-order valence-electron chi connectivity index (χ3n) is 1.06. The predicted molar refractivity (Wildman–Crippen MR) is 34.3 cm³/mol. The van der Waals surface area contributed by atoms with Gasteiger partial charge in [0.05, 0.1) is 0 Å². The largest absolute Gasteiger partial charge is 0.207 e. The van der Waals surface area contributed by atoms with E-state index in [9.17, 15) is 4.39 Å². The van der Waals surface area contributed by atoms with Crippen LogP contribution in [0.15, 0.2) is 23.6 Å². The van der Waals surface area contributed by atoms with E-state index in [1.807, 2.05) is 6.92 Å². The molecule has 0 fully saturated rings. The molecule has 0 heterocycles. The van der Waals surface area contributed by atoms with Crippen LogP contribution in [0.3, 0.4) is 0 Å². The molecule has 8 heavy (non-hydrogen) atoms. The van der Waals surface area contributed by atoms with Crippen molar-refractivity contribution < 1.29 is 4.39 Å². The second-order valence-corrected chi connectivity index (χ2v) is 1.61. The zero-order valence-corrected chi connectivity index (χ0v) is 5.53. The van der Waals surface area contributed by atoms with Crippen LogP contribution in [-0.2, 0) is 0 Å². The van der Waals surface area contributed by atoms with E-state index < -0.39 is 0 Å². The highest BCUT2D eigenvalue weighted by Gasteiger charge is 1.90. The normalized spacial score (nSPS) is 14.5. The van der Waals surface area contributed by atoms with Gasteiger partial charge in [-0.15, -0.1) is 0 Å². The highest BCUT2D eigenvalue weighted by atomic mass is 19.1. The first-order chi connectivity index (χ1) is 3.72. The second-order valence-electron chi connectivity index (χ2n) is 1.61. The number of hydrogen-bond acceptors (Lipinski definition) is 0. The van der Waals surface area contributed by atoms with Gasteiger partial charge in [0, 0.05) is 0 Å². The highest BCUT2D eigenvalue weighted by molar-refractivity contribution is 5.20. The second kappa shape index (κ2) is 3.42. The lowest BCUT2D eigenvalue weighted by Gasteiger charge is -1.90. The molecule has 0 radical (unpaired) electrons. The summed E-state index contributed by atoms with van der Waals surface area (Å²) in [7, 11) is 0. The molecule has 0 N–H and O–H groups in total. The van der Waals surface area contributed by atoms with Crippen molar-refractivity contribution in [3.05, 3.63) is 23.6 Å². The Morgan fingerprint density at radius 1 is 1.25 bits per heavy atom. The topological polar surface area (TPSA) is 0 Å². The molecule has 0 saturated carbocycles. The van der Waals surface area contributed by atoms with E-state index in [-0.39, 0.29) is 5.83 Å². The molecule has 0 aromatic rings. The smallest absolute Gasteiger partial charge is 0.121 e. The van der Waals surface area contributed by atoms with Gasteiger partial charge in [0.2, 0.25) is 0 Å². The van der Waals surface area contributed by atoms with Gasteiger partial charge in [-0.1, -0.05) is 12.2 Å². The summed E-state index contributed by atoms with van der Waals surface area (Å²) in [5.41, 5.74) is 0.701. The Bertz CT molecular complexity index is 104. The molecule has 46 valence electrons. The molecule has 0 nitrogen and oxygen atoms in total. The summed E-state index contributed by atoms with van der Waals surface area (Å²) < 4.78 is 12.3. The number of hydrogen-bond donors (Lipinski definition) is 0. The van der Waals surface area contributed by atoms with E-state index >= 15 is 0 Å². The third kappa shape index (κ3) is 1.92. The zero-order chi connectivity index (χ0) is 6.57. The van der Waals surface area contributed by atoms with Gasteiger partial charge in [-0.3, -0.25) is 0 Å². The molecule has 0 bridgehead atoms. The van der Waals surface area contributed by atoms with Crippen LogP contribution in [0.2, 0.25) is 0 Å². The SMILES string of the molecule is C/C=C(C)\C(F)=C\C. The van der Waals surface area contributed by atoms with Gasteiger partial charge < -0.3 is 0 Å². The summed E-state index contributed by atoms with van der Waals surface area (Å²) in [5, 5.41) is 0. The molecule has 0 rings (SSSR count). The molecule has 0 aliphatic carbocycles. The Hall–Kier alpha value is -0.590. The Kier molecular flexibility index (Phi) is 3.16. The molecule has 0 amide bonds. The van der Waals surface area contributed by atoms with Crippen molar-refractivity contribution in [2.45, 2.75) is 20.8 Å². The minimum absolute atomic E-state index is 0.132. The van der Waals surface area contributed by atoms with Crippen LogP contribution in [0.4, 0.5) is 4.39 Å². The molecule has 0 unspecified atom stereocenters. The Labute approximate surface area is 49.7 Å². The maximum atomic E-state index is 12.3. The van der Waals surface area contributed by atoms with Crippen molar-refractivity contribution in [1.82, 2.24) is 0 Å². The summed E-state index contributed by atoms with van der Waals surface area (Å²) in [6.07, 6.45) is 3.20. The Balaban J connectivity index is 4.04. The highest BCUT2D eigenvalue weighted by Crippen LogP contribution is 2.08. The first-order valence-corrected chi connectivity index (χ1v) is 2.67. The maximum Gasteiger partial charge on any atom is 0.121 e. The number of allylic oxidation sites excluding steroid dienone is 4. The summed E-state index contributed by atoms with van der Waals surface area (Å²) in [6.45, 7) is 5.25. The van der Waals surface area contributed by atoms with Gasteiger partial charge in [-0.05, 0) is 26.3 Å². The molecule has 0 aliphatic rings. The number of rotatable bonds is 1. The van der Waals surface area contributed by atoms with Crippen LogP contribution in [-0.4, -0.2) is 0 Å². The zero-order valence-electron chi connectivity index (χ0n) is 5.53. The van der Waals surface area contributed by atoms with E-state index in [1.165, 1.54) is 6.08 Å². The molecule has 0 aromatic carbocycles. The Morgan fingerprint density at radius 2 is 1.75 bits per heavy atom. The fraction of sp³-hybridized carbons (Fsp3) is 0.429. The van der Waals surface area contributed by atoms with Crippen molar-refractivity contribution in [3.63, 3.8) is 0 Å². The summed E-state index contributed by atoms with van der Waals surface area (Å²) in [6, 6.07) is 0. The van der Waals surface area contributed by atoms with Crippen molar-refractivity contribution in [3.8, 4) is 0 Å². The first kappa shape index (κ1) is 7.41. The van der Waals surface area contributed by atoms with Gasteiger partial charge in [0.15, 0.2) is 0 Å². The molecular weight excluding hydrogens is 103 g/mol. The third-order valence-corrected chi connectivity index (χ3v) is 1.06. The van der Waals surface area contributed by atoms with Crippen molar-refractivity contribution >= 4 is 0 Å². The van der Waals surface area contributed by atoms with Gasteiger partial charge in [-0.25, -0.2) is 4.39 Å². The maximum absolute atomic E-state index is 12.3. The lowest BCUT2D eigenvalue weighted by Crippen LogP contribution is -1.72. The van der Waals surface area contributed by atoms with Crippen molar-refractivity contribution in [2.24, 2.45) is 0 Å². The van der Waals surface area contributed by atoms with Crippen LogP contribution in [0, 0.1) is 0 Å². The minimum atomic E-state index is -0.132. The monoisotopic (exact) mass is 114 g/mol. The molecule has 0 saturated heterocycles. The molecule has 0 aromatic heterocycles. The van der Waals surface area contributed by atoms with Crippen molar-refractivity contribution in [1.29, 1.82) is 0 Å². The van der Waals surface area contributed by atoms with E-state index in [2.05, 4.69) is 0 Å². The van der Waals surface area contributed by atoms with Gasteiger partial charge >= 0.3 is 0 Å². The van der Waals surface area contributed by atoms with E-state index in [1.54, 1.807) is 19.9 Å². The van der Waals surface area contributed by atoms with Gasteiger partial charge in [0.25, 0.3) is 0 Å². The van der Waals surface area contributed by atoms with E-state index in [0.29, 0.717) is 5.57 Å². The molecule has 1 heteroatoms. The number of halogens is 1. The molecular formula is C7H11F. The molecule has 0 atom stereocenters. The first-order valence-electron chi connectivity index (χ1n) is 2.67. The fourth-order valence-corrected chi connectivity index (χ4v) is 0.366. The molecule has 0 aliphatic heterocycles. The van der Waals surface area contributed by atoms with Crippen LogP contribution >= 0.6 is 0 Å². The Morgan fingerprint density at radius 3 is 1.88 bits per heavy atom. The standard InChI is InChI=1S/C7H11F/c1-4-6(3)7(8)5-2/h4-5H,1-3H3/b6-4-,7-5-. The van der Waals surface area contributed by atoms with Crippen LogP contribution in [0.1, 0.15) is 20.8 Å². The summed E-state index contributed by atoms with van der Waals surface area (Å²) >= 11 is 0. The van der Waals surface area contributed by atoms with Gasteiger partial charge in [-0.2, -0.15) is 0 Å². The quantitative estimate of drug-likeness (QED) is 0.460. The van der Waals surface area contributed by atoms with E-state index in [0.717, 1.165) is 0 Å². The van der Waals surface area contributed by atoms with E-state index in [4.69, 9.17) is 0 Å². The summed E-state index contributed by atoms with van der Waals surface area (Å²) in [4.78, 5) is 0. The predicted octanol–water partition coefficient (Wildman–Crippen LogP) is 2.83. The lowest BCUT2D eigenvalue weighted by molar-refractivity contribution is 0.649. The van der Waals surface area contributed by atoms with Gasteiger partial charge in [0.1, 0.15) is 5.83 Å². The summed E-state index contributed by atoms with van der Waals surface area (Å²) in [5.74, 6) is -0.132. The average molecular weight is 114 g/mol. The van der Waals surface area contributed by atoms with Crippen LogP contribution in [0.5, 0.6) is 0 Å². The fourth-order valence-electron chi connectivity index (χ4n) is 0.366. The van der Waals surface area contributed by atoms with Crippen molar-refractivity contribution in [2.75, 3.05) is 0 Å².